The fourth-order valence-corrected chi connectivity index (χ4v) is 3.66. The molecule has 1 saturated carbocycles. The van der Waals surface area contributed by atoms with Crippen molar-refractivity contribution in [3.05, 3.63) is 23.7 Å². The van der Waals surface area contributed by atoms with Crippen LogP contribution in [-0.2, 0) is 11.3 Å². The number of furan rings is 1. The number of methoxy groups -OCH3 is 1. The van der Waals surface area contributed by atoms with Gasteiger partial charge in [0.05, 0.1) is 13.4 Å². The van der Waals surface area contributed by atoms with Crippen molar-refractivity contribution in [3.63, 3.8) is 0 Å². The number of rotatable bonds is 6. The molecule has 1 aliphatic carbocycles. The van der Waals surface area contributed by atoms with Gasteiger partial charge in [0.2, 0.25) is 5.76 Å². The lowest BCUT2D eigenvalue weighted by molar-refractivity contribution is 0.0563. The van der Waals surface area contributed by atoms with Crippen LogP contribution in [0.15, 0.2) is 16.7 Å². The highest BCUT2D eigenvalue weighted by Crippen LogP contribution is 2.29. The van der Waals surface area contributed by atoms with Crippen LogP contribution in [0.1, 0.15) is 42.3 Å². The quantitative estimate of drug-likeness (QED) is 0.814. The predicted octanol–water partition coefficient (Wildman–Crippen LogP) is 2.83. The molecule has 0 spiro atoms. The van der Waals surface area contributed by atoms with Crippen LogP contribution in [0.5, 0.6) is 0 Å². The van der Waals surface area contributed by atoms with Crippen LogP contribution in [0.25, 0.3) is 0 Å². The molecule has 0 saturated heterocycles. The largest absolute Gasteiger partial charge is 0.463 e. The van der Waals surface area contributed by atoms with E-state index < -0.39 is 5.97 Å². The van der Waals surface area contributed by atoms with E-state index in [1.54, 1.807) is 0 Å². The molecule has 4 nitrogen and oxygen atoms in total. The summed E-state index contributed by atoms with van der Waals surface area (Å²) >= 11 is 2.05. The van der Waals surface area contributed by atoms with Crippen LogP contribution in [0.2, 0.25) is 0 Å². The molecule has 106 valence electrons. The monoisotopic (exact) mass is 283 g/mol. The fraction of sp³-hybridized carbons (Fsp3) is 0.643. The molecular weight excluding hydrogens is 262 g/mol. The van der Waals surface area contributed by atoms with Gasteiger partial charge in [-0.25, -0.2) is 4.79 Å². The van der Waals surface area contributed by atoms with E-state index in [1.165, 1.54) is 38.4 Å². The summed E-state index contributed by atoms with van der Waals surface area (Å²) < 4.78 is 9.87. The second-order valence-electron chi connectivity index (χ2n) is 4.73. The Hall–Kier alpha value is -0.940. The number of carbonyl (C=O) groups excluding carboxylic acids is 1. The Labute approximate surface area is 118 Å². The molecular formula is C14H21NO3S. The SMILES string of the molecule is CCSC1CCC(NCc2ccoc2C(=O)OC)C1. The average molecular weight is 283 g/mol. The van der Waals surface area contributed by atoms with Gasteiger partial charge in [0.25, 0.3) is 0 Å². The number of carbonyl (C=O) groups is 1. The minimum Gasteiger partial charge on any atom is -0.463 e. The minimum absolute atomic E-state index is 0.312. The average Bonchev–Trinajstić information content (AvgIpc) is 3.04. The van der Waals surface area contributed by atoms with E-state index in [4.69, 9.17) is 9.15 Å². The van der Waals surface area contributed by atoms with Gasteiger partial charge in [-0.1, -0.05) is 6.92 Å². The molecule has 1 aliphatic rings. The number of nitrogens with one attached hydrogen (secondary N) is 1. The second-order valence-corrected chi connectivity index (χ2v) is 6.31. The molecule has 1 N–H and O–H groups in total. The van der Waals surface area contributed by atoms with Crippen molar-refractivity contribution in [1.29, 1.82) is 0 Å². The van der Waals surface area contributed by atoms with Crippen LogP contribution in [-0.4, -0.2) is 30.1 Å². The summed E-state index contributed by atoms with van der Waals surface area (Å²) in [6.45, 7) is 2.87. The minimum atomic E-state index is -0.410. The Morgan fingerprint density at radius 2 is 2.42 bits per heavy atom. The van der Waals surface area contributed by atoms with Crippen molar-refractivity contribution < 1.29 is 13.9 Å². The highest BCUT2D eigenvalue weighted by atomic mass is 32.2. The van der Waals surface area contributed by atoms with Crippen molar-refractivity contribution in [2.24, 2.45) is 0 Å². The van der Waals surface area contributed by atoms with Crippen LogP contribution in [0.3, 0.4) is 0 Å². The molecule has 0 radical (unpaired) electrons. The van der Waals surface area contributed by atoms with Gasteiger partial charge >= 0.3 is 5.97 Å². The van der Waals surface area contributed by atoms with E-state index in [9.17, 15) is 4.79 Å². The molecule has 1 fully saturated rings. The van der Waals surface area contributed by atoms with E-state index in [2.05, 4.69) is 12.2 Å². The van der Waals surface area contributed by atoms with Gasteiger partial charge in [-0.05, 0) is 31.1 Å². The third-order valence-corrected chi connectivity index (χ3v) is 4.72. The third-order valence-electron chi connectivity index (χ3n) is 3.49. The highest BCUT2D eigenvalue weighted by molar-refractivity contribution is 7.99. The normalized spacial score (nSPS) is 22.6. The molecule has 2 rings (SSSR count). The number of hydrogen-bond donors (Lipinski definition) is 1. The van der Waals surface area contributed by atoms with Crippen molar-refractivity contribution in [1.82, 2.24) is 5.32 Å². The topological polar surface area (TPSA) is 51.5 Å². The predicted molar refractivity (Wildman–Crippen MR) is 76.4 cm³/mol. The first-order chi connectivity index (χ1) is 9.24. The Bertz CT molecular complexity index is 419. The number of ether oxygens (including phenoxy) is 1. The maximum Gasteiger partial charge on any atom is 0.374 e. The zero-order valence-electron chi connectivity index (χ0n) is 11.5. The molecule has 5 heteroatoms. The first-order valence-corrected chi connectivity index (χ1v) is 7.79. The first-order valence-electron chi connectivity index (χ1n) is 6.74. The fourth-order valence-electron chi connectivity index (χ4n) is 2.51. The van der Waals surface area contributed by atoms with Gasteiger partial charge in [-0.3, -0.25) is 0 Å². The van der Waals surface area contributed by atoms with Crippen LogP contribution >= 0.6 is 11.8 Å². The summed E-state index contributed by atoms with van der Waals surface area (Å²) in [6, 6.07) is 2.37. The summed E-state index contributed by atoms with van der Waals surface area (Å²) in [7, 11) is 1.37. The zero-order valence-corrected chi connectivity index (χ0v) is 12.3. The van der Waals surface area contributed by atoms with Gasteiger partial charge in [0.1, 0.15) is 0 Å². The molecule has 1 heterocycles. The molecule has 19 heavy (non-hydrogen) atoms. The molecule has 0 aromatic carbocycles. The summed E-state index contributed by atoms with van der Waals surface area (Å²) in [5.74, 6) is 1.09. The summed E-state index contributed by atoms with van der Waals surface area (Å²) in [6.07, 6.45) is 5.24. The van der Waals surface area contributed by atoms with E-state index in [0.717, 1.165) is 10.8 Å². The first kappa shape index (κ1) is 14.5. The Kier molecular flexibility index (Phi) is 5.34. The van der Waals surface area contributed by atoms with Crippen LogP contribution < -0.4 is 5.32 Å². The Balaban J connectivity index is 1.83. The molecule has 0 amide bonds. The molecule has 1 aromatic rings. The molecule has 0 bridgehead atoms. The number of thioether (sulfide) groups is 1. The molecule has 2 atom stereocenters. The van der Waals surface area contributed by atoms with Crippen LogP contribution in [0.4, 0.5) is 0 Å². The van der Waals surface area contributed by atoms with E-state index >= 15 is 0 Å². The van der Waals surface area contributed by atoms with Crippen LogP contribution in [0, 0.1) is 0 Å². The number of hydrogen-bond acceptors (Lipinski definition) is 5. The zero-order chi connectivity index (χ0) is 13.7. The van der Waals surface area contributed by atoms with Gasteiger partial charge in [0.15, 0.2) is 0 Å². The highest BCUT2D eigenvalue weighted by Gasteiger charge is 2.25. The maximum absolute atomic E-state index is 11.5. The van der Waals surface area contributed by atoms with E-state index in [1.807, 2.05) is 17.8 Å². The standard InChI is InChI=1S/C14H21NO3S/c1-3-19-12-5-4-11(8-12)15-9-10-6-7-18-13(10)14(16)17-2/h6-7,11-12,15H,3-5,8-9H2,1-2H3. The lowest BCUT2D eigenvalue weighted by Gasteiger charge is -2.12. The van der Waals surface area contributed by atoms with Crippen molar-refractivity contribution >= 4 is 17.7 Å². The van der Waals surface area contributed by atoms with Crippen molar-refractivity contribution in [3.8, 4) is 0 Å². The van der Waals surface area contributed by atoms with Gasteiger partial charge < -0.3 is 14.5 Å². The number of esters is 1. The van der Waals surface area contributed by atoms with Gasteiger partial charge in [0, 0.05) is 23.4 Å². The van der Waals surface area contributed by atoms with Gasteiger partial charge in [-0.2, -0.15) is 11.8 Å². The molecule has 2 unspecified atom stereocenters. The summed E-state index contributed by atoms with van der Waals surface area (Å²) in [5.41, 5.74) is 0.874. The molecule has 0 aliphatic heterocycles. The maximum atomic E-state index is 11.5. The Morgan fingerprint density at radius 1 is 1.58 bits per heavy atom. The smallest absolute Gasteiger partial charge is 0.374 e. The lowest BCUT2D eigenvalue weighted by Crippen LogP contribution is -2.26. The summed E-state index contributed by atoms with van der Waals surface area (Å²) in [5, 5.41) is 4.29. The second kappa shape index (κ2) is 7.01. The molecule has 1 aromatic heterocycles. The van der Waals surface area contributed by atoms with Crippen molar-refractivity contribution in [2.45, 2.75) is 44.0 Å². The summed E-state index contributed by atoms with van der Waals surface area (Å²) in [4.78, 5) is 11.5. The lowest BCUT2D eigenvalue weighted by atomic mass is 10.2. The third kappa shape index (κ3) is 3.76. The van der Waals surface area contributed by atoms with Crippen molar-refractivity contribution in [2.75, 3.05) is 12.9 Å². The van der Waals surface area contributed by atoms with E-state index in [-0.39, 0.29) is 0 Å². The Morgan fingerprint density at radius 3 is 3.16 bits per heavy atom. The van der Waals surface area contributed by atoms with Gasteiger partial charge in [-0.15, -0.1) is 0 Å². The van der Waals surface area contributed by atoms with E-state index in [0.29, 0.717) is 18.3 Å².